The topological polar surface area (TPSA) is 66.9 Å². The predicted octanol–water partition coefficient (Wildman–Crippen LogP) is 1.38. The van der Waals surface area contributed by atoms with Crippen LogP contribution in [0.1, 0.15) is 12.5 Å². The highest BCUT2D eigenvalue weighted by Gasteiger charge is 2.46. The first kappa shape index (κ1) is 16.5. The number of esters is 1. The van der Waals surface area contributed by atoms with Gasteiger partial charge in [-0.15, -0.1) is 0 Å². The summed E-state index contributed by atoms with van der Waals surface area (Å²) in [5.41, 5.74) is 0.883. The average molecular weight is 349 g/mol. The first-order valence-electron chi connectivity index (χ1n) is 7.73. The fourth-order valence-electron chi connectivity index (χ4n) is 2.90. The number of halogens is 1. The molecule has 6 nitrogen and oxygen atoms in total. The van der Waals surface area contributed by atoms with E-state index >= 15 is 0 Å². The summed E-state index contributed by atoms with van der Waals surface area (Å²) in [7, 11) is 0. The number of Topliss-reactive ketones (excluding diaryl/α,β-unsaturated/α-hetero) is 1. The van der Waals surface area contributed by atoms with Gasteiger partial charge in [0.1, 0.15) is 5.57 Å². The van der Waals surface area contributed by atoms with E-state index < -0.39 is 17.8 Å². The van der Waals surface area contributed by atoms with Crippen LogP contribution in [-0.4, -0.2) is 53.2 Å². The molecule has 0 bridgehead atoms. The van der Waals surface area contributed by atoms with E-state index in [4.69, 9.17) is 16.3 Å². The molecule has 1 amide bonds. The number of hydrogen-bond acceptors (Lipinski definition) is 5. The minimum atomic E-state index is -0.953. The molecule has 7 heteroatoms. The minimum absolute atomic E-state index is 0.0523. The van der Waals surface area contributed by atoms with Gasteiger partial charge in [-0.1, -0.05) is 23.7 Å². The Labute approximate surface area is 144 Å². The van der Waals surface area contributed by atoms with Crippen molar-refractivity contribution in [3.8, 4) is 0 Å². The second-order valence-electron chi connectivity index (χ2n) is 5.65. The van der Waals surface area contributed by atoms with Crippen LogP contribution < -0.4 is 0 Å². The highest BCUT2D eigenvalue weighted by Crippen LogP contribution is 2.25. The smallest absolute Gasteiger partial charge is 0.343 e. The molecule has 1 aromatic carbocycles. The molecule has 0 aliphatic carbocycles. The summed E-state index contributed by atoms with van der Waals surface area (Å²) in [5, 5.41) is 0.629. The Morgan fingerprint density at radius 2 is 1.96 bits per heavy atom. The lowest BCUT2D eigenvalue weighted by atomic mass is 10.1. The van der Waals surface area contributed by atoms with Gasteiger partial charge in [-0.05, 0) is 24.6 Å². The number of carbonyl (C=O) groups excluding carboxylic acids is 3. The van der Waals surface area contributed by atoms with Crippen molar-refractivity contribution in [1.29, 1.82) is 0 Å². The number of rotatable bonds is 4. The van der Waals surface area contributed by atoms with Crippen LogP contribution in [0.4, 0.5) is 0 Å². The molecule has 1 fully saturated rings. The lowest BCUT2D eigenvalue weighted by Gasteiger charge is -2.36. The van der Waals surface area contributed by atoms with E-state index in [9.17, 15) is 14.4 Å². The maximum Gasteiger partial charge on any atom is 0.343 e. The van der Waals surface area contributed by atoms with Gasteiger partial charge in [-0.25, -0.2) is 4.79 Å². The zero-order valence-electron chi connectivity index (χ0n) is 13.2. The molecule has 1 atom stereocenters. The van der Waals surface area contributed by atoms with E-state index in [1.807, 2.05) is 12.1 Å². The summed E-state index contributed by atoms with van der Waals surface area (Å²) in [5.74, 6) is -1.45. The fraction of sp³-hybridized carbons (Fsp3) is 0.353. The maximum absolute atomic E-state index is 12.7. The zero-order chi connectivity index (χ0) is 17.3. The summed E-state index contributed by atoms with van der Waals surface area (Å²) >= 11 is 5.86. The number of ether oxygens (including phenoxy) is 1. The number of amides is 1. The third kappa shape index (κ3) is 3.01. The number of carbonyl (C=O) groups is 3. The van der Waals surface area contributed by atoms with Crippen LogP contribution >= 0.6 is 11.6 Å². The Hall–Kier alpha value is -2.34. The van der Waals surface area contributed by atoms with Crippen molar-refractivity contribution in [2.24, 2.45) is 0 Å². The molecule has 1 saturated heterocycles. The first-order valence-corrected chi connectivity index (χ1v) is 8.11. The minimum Gasteiger partial charge on any atom is -0.462 e. The molecule has 126 valence electrons. The molecule has 0 radical (unpaired) electrons. The van der Waals surface area contributed by atoms with Gasteiger partial charge in [0.25, 0.3) is 5.91 Å². The van der Waals surface area contributed by atoms with Gasteiger partial charge < -0.3 is 14.5 Å². The van der Waals surface area contributed by atoms with Gasteiger partial charge >= 0.3 is 5.97 Å². The van der Waals surface area contributed by atoms with Crippen molar-refractivity contribution in [3.63, 3.8) is 0 Å². The summed E-state index contributed by atoms with van der Waals surface area (Å²) < 4.78 is 4.88. The molecule has 2 heterocycles. The van der Waals surface area contributed by atoms with Crippen molar-refractivity contribution >= 4 is 29.3 Å². The van der Waals surface area contributed by atoms with Crippen LogP contribution in [0.15, 0.2) is 36.0 Å². The van der Waals surface area contributed by atoms with E-state index in [1.54, 1.807) is 28.9 Å². The molecule has 2 aliphatic rings. The van der Waals surface area contributed by atoms with Crippen LogP contribution in [-0.2, 0) is 25.7 Å². The highest BCUT2D eigenvalue weighted by molar-refractivity contribution is 6.30. The van der Waals surface area contributed by atoms with Crippen LogP contribution in [0.2, 0.25) is 5.02 Å². The number of benzene rings is 1. The summed E-state index contributed by atoms with van der Waals surface area (Å²) in [4.78, 5) is 40.2. The van der Waals surface area contributed by atoms with Crippen molar-refractivity contribution < 1.29 is 19.1 Å². The summed E-state index contributed by atoms with van der Waals surface area (Å²) in [6.07, 6.45) is 1.45. The molecule has 0 saturated carbocycles. The molecule has 1 unspecified atom stereocenters. The Balaban J connectivity index is 1.73. The summed E-state index contributed by atoms with van der Waals surface area (Å²) in [6.45, 7) is 3.24. The average Bonchev–Trinajstić information content (AvgIpc) is 2.90. The zero-order valence-corrected chi connectivity index (χ0v) is 14.0. The number of piperazine rings is 1. The standard InChI is InChI=1S/C17H17ClN2O4/c1-2-24-17(23)13-10-19-7-8-20(16(22)14(19)15(13)21)9-11-3-5-12(18)6-4-11/h3-6,10,14H,2,7-9H2,1H3. The largest absolute Gasteiger partial charge is 0.462 e. The fourth-order valence-corrected chi connectivity index (χ4v) is 3.02. The maximum atomic E-state index is 12.7. The van der Waals surface area contributed by atoms with Gasteiger partial charge in [0.05, 0.1) is 6.61 Å². The number of ketones is 1. The van der Waals surface area contributed by atoms with Crippen molar-refractivity contribution in [1.82, 2.24) is 9.80 Å². The molecule has 1 aromatic rings. The molecule has 0 aromatic heterocycles. The monoisotopic (exact) mass is 348 g/mol. The molecular formula is C17H17ClN2O4. The van der Waals surface area contributed by atoms with Gasteiger partial charge in [0.2, 0.25) is 5.78 Å². The third-order valence-electron chi connectivity index (χ3n) is 4.10. The lowest BCUT2D eigenvalue weighted by molar-refractivity contribution is -0.144. The van der Waals surface area contributed by atoms with Gasteiger partial charge in [-0.2, -0.15) is 0 Å². The van der Waals surface area contributed by atoms with E-state index in [-0.39, 0.29) is 18.1 Å². The lowest BCUT2D eigenvalue weighted by Crippen LogP contribution is -2.55. The molecule has 2 aliphatic heterocycles. The Morgan fingerprint density at radius 3 is 2.62 bits per heavy atom. The Kier molecular flexibility index (Phi) is 4.57. The number of fused-ring (bicyclic) bond motifs is 1. The second kappa shape index (κ2) is 6.65. The van der Waals surface area contributed by atoms with Gasteiger partial charge in [0, 0.05) is 30.9 Å². The van der Waals surface area contributed by atoms with Crippen molar-refractivity contribution in [3.05, 3.63) is 46.6 Å². The highest BCUT2D eigenvalue weighted by atomic mass is 35.5. The molecular weight excluding hydrogens is 332 g/mol. The molecule has 0 spiro atoms. The van der Waals surface area contributed by atoms with E-state index in [0.29, 0.717) is 24.7 Å². The predicted molar refractivity (Wildman–Crippen MR) is 87.1 cm³/mol. The Bertz CT molecular complexity index is 714. The second-order valence-corrected chi connectivity index (χ2v) is 6.09. The molecule has 3 rings (SSSR count). The van der Waals surface area contributed by atoms with Crippen LogP contribution in [0.3, 0.4) is 0 Å². The van der Waals surface area contributed by atoms with E-state index in [2.05, 4.69) is 0 Å². The van der Waals surface area contributed by atoms with Crippen LogP contribution in [0.25, 0.3) is 0 Å². The molecule has 24 heavy (non-hydrogen) atoms. The summed E-state index contributed by atoms with van der Waals surface area (Å²) in [6, 6.07) is 6.27. The quantitative estimate of drug-likeness (QED) is 0.467. The van der Waals surface area contributed by atoms with Gasteiger partial charge in [-0.3, -0.25) is 9.59 Å². The SMILES string of the molecule is CCOC(=O)C1=CN2CCN(Cc3ccc(Cl)cc3)C(=O)C2C1=O. The Morgan fingerprint density at radius 1 is 1.25 bits per heavy atom. The molecule has 0 N–H and O–H groups in total. The third-order valence-corrected chi connectivity index (χ3v) is 4.35. The number of hydrogen-bond donors (Lipinski definition) is 0. The van der Waals surface area contributed by atoms with Crippen LogP contribution in [0.5, 0.6) is 0 Å². The van der Waals surface area contributed by atoms with E-state index in [1.165, 1.54) is 6.20 Å². The first-order chi connectivity index (χ1) is 11.5. The van der Waals surface area contributed by atoms with Crippen molar-refractivity contribution in [2.75, 3.05) is 19.7 Å². The normalized spacial score (nSPS) is 20.1. The van der Waals surface area contributed by atoms with Crippen LogP contribution in [0, 0.1) is 0 Å². The van der Waals surface area contributed by atoms with Gasteiger partial charge in [0.15, 0.2) is 6.04 Å². The van der Waals surface area contributed by atoms with E-state index in [0.717, 1.165) is 5.56 Å². The van der Waals surface area contributed by atoms with Crippen molar-refractivity contribution in [2.45, 2.75) is 19.5 Å². The number of nitrogens with zero attached hydrogens (tertiary/aromatic N) is 2.